The van der Waals surface area contributed by atoms with Gasteiger partial charge in [-0.15, -0.1) is 0 Å². The molecule has 2 N–H and O–H groups in total. The summed E-state index contributed by atoms with van der Waals surface area (Å²) in [5.41, 5.74) is 1.16. The highest BCUT2D eigenvalue weighted by molar-refractivity contribution is 5.66. The minimum Gasteiger partial charge on any atom is -0.380 e. The summed E-state index contributed by atoms with van der Waals surface area (Å²) < 4.78 is 5.53. The van der Waals surface area contributed by atoms with Gasteiger partial charge >= 0.3 is 0 Å². The van der Waals surface area contributed by atoms with Gasteiger partial charge in [-0.05, 0) is 38.3 Å². The zero-order valence-corrected chi connectivity index (χ0v) is 12.8. The van der Waals surface area contributed by atoms with Crippen molar-refractivity contribution >= 4 is 11.5 Å². The normalized spacial score (nSPS) is 24.0. The molecule has 116 valence electrons. The summed E-state index contributed by atoms with van der Waals surface area (Å²) in [4.78, 5) is 6.97. The molecule has 21 heavy (non-hydrogen) atoms. The van der Waals surface area contributed by atoms with Crippen LogP contribution >= 0.6 is 0 Å². The summed E-state index contributed by atoms with van der Waals surface area (Å²) in [7, 11) is 0. The molecule has 0 aliphatic carbocycles. The Bertz CT molecular complexity index is 442. The lowest BCUT2D eigenvalue weighted by atomic mass is 10.1. The van der Waals surface area contributed by atoms with E-state index in [1.54, 1.807) is 0 Å². The molecule has 2 aliphatic rings. The number of aromatic nitrogens is 1. The van der Waals surface area contributed by atoms with Gasteiger partial charge in [-0.25, -0.2) is 4.98 Å². The summed E-state index contributed by atoms with van der Waals surface area (Å²) in [6.45, 7) is 7.09. The van der Waals surface area contributed by atoms with Crippen LogP contribution in [-0.2, 0) is 4.74 Å². The maximum Gasteiger partial charge on any atom is 0.151 e. The second-order valence-electron chi connectivity index (χ2n) is 6.08. The molecule has 1 aromatic rings. The highest BCUT2D eigenvalue weighted by Gasteiger charge is 2.20. The van der Waals surface area contributed by atoms with E-state index >= 15 is 0 Å². The molecule has 5 nitrogen and oxygen atoms in total. The first-order valence-electron chi connectivity index (χ1n) is 8.10. The Balaban J connectivity index is 1.60. The minimum atomic E-state index is 0.398. The van der Waals surface area contributed by atoms with Crippen molar-refractivity contribution in [3.63, 3.8) is 0 Å². The van der Waals surface area contributed by atoms with Gasteiger partial charge in [0.2, 0.25) is 0 Å². The highest BCUT2D eigenvalue weighted by atomic mass is 16.5. The molecule has 2 atom stereocenters. The van der Waals surface area contributed by atoms with Crippen LogP contribution in [0.1, 0.15) is 26.2 Å². The smallest absolute Gasteiger partial charge is 0.151 e. The molecule has 5 heteroatoms. The van der Waals surface area contributed by atoms with Crippen molar-refractivity contribution in [3.8, 4) is 0 Å². The molecule has 2 unspecified atom stereocenters. The van der Waals surface area contributed by atoms with Crippen LogP contribution in [0.5, 0.6) is 0 Å². The second kappa shape index (κ2) is 7.09. The summed E-state index contributed by atoms with van der Waals surface area (Å²) in [5.74, 6) is 1.11. The van der Waals surface area contributed by atoms with Crippen molar-refractivity contribution in [2.24, 2.45) is 0 Å². The predicted molar refractivity (Wildman–Crippen MR) is 86.0 cm³/mol. The van der Waals surface area contributed by atoms with E-state index in [0.717, 1.165) is 50.8 Å². The van der Waals surface area contributed by atoms with Crippen LogP contribution in [0.15, 0.2) is 18.3 Å². The Hall–Kier alpha value is -1.33. The Morgan fingerprint density at radius 2 is 2.33 bits per heavy atom. The molecule has 1 aromatic heterocycles. The third kappa shape index (κ3) is 3.86. The van der Waals surface area contributed by atoms with Crippen molar-refractivity contribution in [1.82, 2.24) is 10.3 Å². The van der Waals surface area contributed by atoms with Gasteiger partial charge in [0.25, 0.3) is 0 Å². The molecule has 0 radical (unpaired) electrons. The third-order valence-corrected chi connectivity index (χ3v) is 4.23. The Morgan fingerprint density at radius 3 is 3.10 bits per heavy atom. The maximum absolute atomic E-state index is 5.53. The van der Waals surface area contributed by atoms with E-state index in [1.807, 2.05) is 12.3 Å². The quantitative estimate of drug-likeness (QED) is 0.867. The van der Waals surface area contributed by atoms with Crippen molar-refractivity contribution in [2.75, 3.05) is 43.1 Å². The van der Waals surface area contributed by atoms with Crippen LogP contribution in [0.2, 0.25) is 0 Å². The van der Waals surface area contributed by atoms with Crippen molar-refractivity contribution in [2.45, 2.75) is 38.3 Å². The first kappa shape index (κ1) is 14.6. The van der Waals surface area contributed by atoms with Gasteiger partial charge in [0.05, 0.1) is 18.9 Å². The van der Waals surface area contributed by atoms with E-state index in [2.05, 4.69) is 33.5 Å². The first-order valence-corrected chi connectivity index (χ1v) is 8.10. The molecule has 0 saturated carbocycles. The van der Waals surface area contributed by atoms with Crippen LogP contribution < -0.4 is 15.5 Å². The standard InChI is InChI=1S/C16H26N4O/c1-13(11-14-12-21-10-7-17-14)19-15-5-4-6-18-16(15)20-8-2-3-9-20/h4-6,13-14,17,19H,2-3,7-12H2,1H3. The molecule has 0 aromatic carbocycles. The Morgan fingerprint density at radius 1 is 1.48 bits per heavy atom. The zero-order chi connectivity index (χ0) is 14.5. The average molecular weight is 290 g/mol. The second-order valence-corrected chi connectivity index (χ2v) is 6.08. The van der Waals surface area contributed by atoms with Crippen LogP contribution in [0.25, 0.3) is 0 Å². The summed E-state index contributed by atoms with van der Waals surface area (Å²) in [6, 6.07) is 5.00. The molecule has 3 rings (SSSR count). The van der Waals surface area contributed by atoms with Crippen LogP contribution in [-0.4, -0.2) is 49.9 Å². The van der Waals surface area contributed by atoms with E-state index in [-0.39, 0.29) is 0 Å². The van der Waals surface area contributed by atoms with E-state index < -0.39 is 0 Å². The van der Waals surface area contributed by atoms with Gasteiger partial charge in [-0.3, -0.25) is 0 Å². The number of nitrogens with zero attached hydrogens (tertiary/aromatic N) is 2. The number of pyridine rings is 1. The van der Waals surface area contributed by atoms with Gasteiger partial charge in [-0.2, -0.15) is 0 Å². The number of anilines is 2. The fourth-order valence-electron chi connectivity index (χ4n) is 3.21. The summed E-state index contributed by atoms with van der Waals surface area (Å²) in [6.07, 6.45) is 5.50. The third-order valence-electron chi connectivity index (χ3n) is 4.23. The Labute approximate surface area is 127 Å². The Kier molecular flexibility index (Phi) is 4.93. The van der Waals surface area contributed by atoms with Gasteiger partial charge in [0, 0.05) is 37.9 Å². The molecule has 2 saturated heterocycles. The SMILES string of the molecule is CC(CC1COCCN1)Nc1cccnc1N1CCCC1. The monoisotopic (exact) mass is 290 g/mol. The van der Waals surface area contributed by atoms with Gasteiger partial charge in [0.15, 0.2) is 5.82 Å². The molecule has 2 fully saturated rings. The first-order chi connectivity index (χ1) is 10.3. The fraction of sp³-hybridized carbons (Fsp3) is 0.688. The van der Waals surface area contributed by atoms with Crippen LogP contribution in [0.3, 0.4) is 0 Å². The van der Waals surface area contributed by atoms with E-state index in [9.17, 15) is 0 Å². The molecule has 0 amide bonds. The zero-order valence-electron chi connectivity index (χ0n) is 12.8. The number of hydrogen-bond donors (Lipinski definition) is 2. The van der Waals surface area contributed by atoms with Gasteiger partial charge in [-0.1, -0.05) is 0 Å². The lowest BCUT2D eigenvalue weighted by Gasteiger charge is -2.28. The summed E-state index contributed by atoms with van der Waals surface area (Å²) >= 11 is 0. The molecular weight excluding hydrogens is 264 g/mol. The van der Waals surface area contributed by atoms with Crippen molar-refractivity contribution < 1.29 is 4.74 Å². The lowest BCUT2D eigenvalue weighted by Crippen LogP contribution is -2.43. The topological polar surface area (TPSA) is 49.4 Å². The van der Waals surface area contributed by atoms with Gasteiger partial charge in [0.1, 0.15) is 0 Å². The molecule has 0 spiro atoms. The average Bonchev–Trinajstić information content (AvgIpc) is 3.03. The van der Waals surface area contributed by atoms with Gasteiger partial charge < -0.3 is 20.3 Å². The van der Waals surface area contributed by atoms with Crippen molar-refractivity contribution in [1.29, 1.82) is 0 Å². The van der Waals surface area contributed by atoms with Crippen LogP contribution in [0, 0.1) is 0 Å². The minimum absolute atomic E-state index is 0.398. The molecule has 2 aliphatic heterocycles. The number of nitrogens with one attached hydrogen (secondary N) is 2. The maximum atomic E-state index is 5.53. The van der Waals surface area contributed by atoms with E-state index in [1.165, 1.54) is 12.8 Å². The van der Waals surface area contributed by atoms with E-state index in [4.69, 9.17) is 4.74 Å². The lowest BCUT2D eigenvalue weighted by molar-refractivity contribution is 0.0731. The fourth-order valence-corrected chi connectivity index (χ4v) is 3.21. The number of rotatable bonds is 5. The van der Waals surface area contributed by atoms with Crippen molar-refractivity contribution in [3.05, 3.63) is 18.3 Å². The van der Waals surface area contributed by atoms with E-state index in [0.29, 0.717) is 12.1 Å². The summed E-state index contributed by atoms with van der Waals surface area (Å²) in [5, 5.41) is 7.15. The molecular formula is C16H26N4O. The highest BCUT2D eigenvalue weighted by Crippen LogP contribution is 2.27. The van der Waals surface area contributed by atoms with Crippen LogP contribution in [0.4, 0.5) is 11.5 Å². The predicted octanol–water partition coefficient (Wildman–Crippen LogP) is 1.86. The number of morpholine rings is 1. The number of ether oxygens (including phenoxy) is 1. The largest absolute Gasteiger partial charge is 0.380 e. The molecule has 0 bridgehead atoms. The molecule has 3 heterocycles. The number of hydrogen-bond acceptors (Lipinski definition) is 5.